The second-order valence-electron chi connectivity index (χ2n) is 4.39. The molecule has 2 rings (SSSR count). The van der Waals surface area contributed by atoms with Gasteiger partial charge in [0.2, 0.25) is 5.88 Å². The van der Waals surface area contributed by atoms with Gasteiger partial charge in [-0.2, -0.15) is 0 Å². The minimum Gasteiger partial charge on any atom is -0.478 e. The molecule has 0 saturated carbocycles. The zero-order valence-electron chi connectivity index (χ0n) is 11.7. The number of rotatable bonds is 6. The van der Waals surface area contributed by atoms with Crippen LogP contribution in [0.1, 0.15) is 23.6 Å². The van der Waals surface area contributed by atoms with Gasteiger partial charge in [-0.3, -0.25) is 0 Å². The summed E-state index contributed by atoms with van der Waals surface area (Å²) in [6.07, 6.45) is 1.51. The summed E-state index contributed by atoms with van der Waals surface area (Å²) >= 11 is 5.84. The molecule has 4 nitrogen and oxygen atoms in total. The smallest absolute Gasteiger partial charge is 0.221 e. The molecule has 20 heavy (non-hydrogen) atoms. The minimum absolute atomic E-state index is 0.523. The first-order valence-corrected chi connectivity index (χ1v) is 7.10. The minimum atomic E-state index is 0.523. The second-order valence-corrected chi connectivity index (χ2v) is 4.66. The SMILES string of the molecule is CCOc1ncnc(NCc2cccc(CCl)c2)c1C. The predicted octanol–water partition coefficient (Wildman–Crippen LogP) is 3.53. The fourth-order valence-corrected chi connectivity index (χ4v) is 2.07. The number of nitrogens with one attached hydrogen (secondary N) is 1. The summed E-state index contributed by atoms with van der Waals surface area (Å²) in [6, 6.07) is 8.16. The topological polar surface area (TPSA) is 47.0 Å². The Morgan fingerprint density at radius 2 is 2.05 bits per heavy atom. The highest BCUT2D eigenvalue weighted by Gasteiger charge is 2.07. The fourth-order valence-electron chi connectivity index (χ4n) is 1.90. The van der Waals surface area contributed by atoms with E-state index in [1.165, 1.54) is 11.9 Å². The van der Waals surface area contributed by atoms with Gasteiger partial charge >= 0.3 is 0 Å². The van der Waals surface area contributed by atoms with E-state index in [9.17, 15) is 0 Å². The van der Waals surface area contributed by atoms with Gasteiger partial charge in [0.25, 0.3) is 0 Å². The Morgan fingerprint density at radius 1 is 1.25 bits per heavy atom. The first kappa shape index (κ1) is 14.6. The van der Waals surface area contributed by atoms with Crippen LogP contribution in [0, 0.1) is 6.92 Å². The molecule has 0 aliphatic carbocycles. The van der Waals surface area contributed by atoms with Crippen LogP contribution in [0.2, 0.25) is 0 Å². The molecule has 0 atom stereocenters. The summed E-state index contributed by atoms with van der Waals surface area (Å²) in [7, 11) is 0. The molecular formula is C15H18ClN3O. The second kappa shape index (κ2) is 7.10. The van der Waals surface area contributed by atoms with Crippen molar-refractivity contribution in [2.75, 3.05) is 11.9 Å². The van der Waals surface area contributed by atoms with Gasteiger partial charge in [-0.15, -0.1) is 11.6 Å². The van der Waals surface area contributed by atoms with Gasteiger partial charge in [0.1, 0.15) is 12.1 Å². The van der Waals surface area contributed by atoms with Gasteiger partial charge in [0.05, 0.1) is 12.2 Å². The maximum absolute atomic E-state index is 5.84. The summed E-state index contributed by atoms with van der Waals surface area (Å²) < 4.78 is 5.46. The molecule has 0 amide bonds. The zero-order chi connectivity index (χ0) is 14.4. The molecule has 1 heterocycles. The number of aromatic nitrogens is 2. The third kappa shape index (κ3) is 3.61. The van der Waals surface area contributed by atoms with Crippen LogP contribution in [0.15, 0.2) is 30.6 Å². The van der Waals surface area contributed by atoms with Crippen molar-refractivity contribution in [1.82, 2.24) is 9.97 Å². The van der Waals surface area contributed by atoms with E-state index < -0.39 is 0 Å². The number of halogens is 1. The van der Waals surface area contributed by atoms with E-state index in [2.05, 4.69) is 27.4 Å². The maximum atomic E-state index is 5.84. The predicted molar refractivity (Wildman–Crippen MR) is 81.3 cm³/mol. The van der Waals surface area contributed by atoms with Crippen LogP contribution in [-0.4, -0.2) is 16.6 Å². The highest BCUT2D eigenvalue weighted by Crippen LogP contribution is 2.21. The average molecular weight is 292 g/mol. The third-order valence-electron chi connectivity index (χ3n) is 2.92. The molecule has 0 saturated heterocycles. The molecule has 0 aliphatic rings. The molecule has 1 N–H and O–H groups in total. The van der Waals surface area contributed by atoms with Crippen LogP contribution in [-0.2, 0) is 12.4 Å². The number of hydrogen-bond acceptors (Lipinski definition) is 4. The van der Waals surface area contributed by atoms with Crippen molar-refractivity contribution in [3.63, 3.8) is 0 Å². The van der Waals surface area contributed by atoms with E-state index in [4.69, 9.17) is 16.3 Å². The lowest BCUT2D eigenvalue weighted by Crippen LogP contribution is -2.06. The van der Waals surface area contributed by atoms with Crippen molar-refractivity contribution in [2.24, 2.45) is 0 Å². The van der Waals surface area contributed by atoms with Gasteiger partial charge in [-0.1, -0.05) is 24.3 Å². The van der Waals surface area contributed by atoms with Crippen molar-refractivity contribution in [3.8, 4) is 5.88 Å². The number of hydrogen-bond donors (Lipinski definition) is 1. The Balaban J connectivity index is 2.08. The Hall–Kier alpha value is -1.81. The Kier molecular flexibility index (Phi) is 5.18. The Morgan fingerprint density at radius 3 is 2.80 bits per heavy atom. The number of alkyl halides is 1. The summed E-state index contributed by atoms with van der Waals surface area (Å²) in [6.45, 7) is 5.16. The standard InChI is InChI=1S/C15H18ClN3O/c1-3-20-15-11(2)14(18-10-19-15)17-9-13-6-4-5-12(7-13)8-16/h4-7,10H,3,8-9H2,1-2H3,(H,17,18,19). The lowest BCUT2D eigenvalue weighted by atomic mass is 10.1. The largest absolute Gasteiger partial charge is 0.478 e. The van der Waals surface area contributed by atoms with Gasteiger partial charge in [0, 0.05) is 12.4 Å². The molecule has 106 valence electrons. The highest BCUT2D eigenvalue weighted by atomic mass is 35.5. The zero-order valence-corrected chi connectivity index (χ0v) is 12.4. The third-order valence-corrected chi connectivity index (χ3v) is 3.23. The van der Waals surface area contributed by atoms with Gasteiger partial charge in [-0.05, 0) is 25.0 Å². The molecule has 0 fully saturated rings. The lowest BCUT2D eigenvalue weighted by molar-refractivity contribution is 0.324. The van der Waals surface area contributed by atoms with Crippen molar-refractivity contribution in [2.45, 2.75) is 26.3 Å². The van der Waals surface area contributed by atoms with E-state index in [1.54, 1.807) is 0 Å². The quantitative estimate of drug-likeness (QED) is 0.827. The van der Waals surface area contributed by atoms with Crippen LogP contribution < -0.4 is 10.1 Å². The molecule has 2 aromatic rings. The number of benzene rings is 1. The Labute approximate surface area is 124 Å². The summed E-state index contributed by atoms with van der Waals surface area (Å²) in [4.78, 5) is 8.37. The number of nitrogens with zero attached hydrogens (tertiary/aromatic N) is 2. The van der Waals surface area contributed by atoms with E-state index in [0.717, 1.165) is 16.9 Å². The maximum Gasteiger partial charge on any atom is 0.221 e. The van der Waals surface area contributed by atoms with Crippen molar-refractivity contribution < 1.29 is 4.74 Å². The van der Waals surface area contributed by atoms with Crippen LogP contribution in [0.25, 0.3) is 0 Å². The van der Waals surface area contributed by atoms with E-state index >= 15 is 0 Å². The molecule has 1 aromatic heterocycles. The average Bonchev–Trinajstić information content (AvgIpc) is 2.48. The van der Waals surface area contributed by atoms with Crippen molar-refractivity contribution in [1.29, 1.82) is 0 Å². The molecule has 0 bridgehead atoms. The van der Waals surface area contributed by atoms with Crippen molar-refractivity contribution >= 4 is 17.4 Å². The van der Waals surface area contributed by atoms with E-state index in [-0.39, 0.29) is 0 Å². The fraction of sp³-hybridized carbons (Fsp3) is 0.333. The molecular weight excluding hydrogens is 274 g/mol. The molecule has 5 heteroatoms. The van der Waals surface area contributed by atoms with Gasteiger partial charge in [0.15, 0.2) is 0 Å². The van der Waals surface area contributed by atoms with E-state index in [1.807, 2.05) is 26.0 Å². The summed E-state index contributed by atoms with van der Waals surface area (Å²) in [5.41, 5.74) is 3.20. The van der Waals surface area contributed by atoms with Crippen LogP contribution >= 0.6 is 11.6 Å². The lowest BCUT2D eigenvalue weighted by Gasteiger charge is -2.11. The van der Waals surface area contributed by atoms with E-state index in [0.29, 0.717) is 24.9 Å². The Bertz CT molecular complexity index is 575. The molecule has 0 aliphatic heterocycles. The monoisotopic (exact) mass is 291 g/mol. The highest BCUT2D eigenvalue weighted by molar-refractivity contribution is 6.17. The summed E-state index contributed by atoms with van der Waals surface area (Å²) in [5, 5.41) is 3.31. The van der Waals surface area contributed by atoms with Crippen molar-refractivity contribution in [3.05, 3.63) is 47.3 Å². The van der Waals surface area contributed by atoms with Gasteiger partial charge in [-0.25, -0.2) is 9.97 Å². The van der Waals surface area contributed by atoms with Crippen LogP contribution in [0.4, 0.5) is 5.82 Å². The van der Waals surface area contributed by atoms with Crippen LogP contribution in [0.3, 0.4) is 0 Å². The molecule has 1 aromatic carbocycles. The summed E-state index contributed by atoms with van der Waals surface area (Å²) in [5.74, 6) is 1.94. The first-order chi connectivity index (χ1) is 9.74. The van der Waals surface area contributed by atoms with Gasteiger partial charge < -0.3 is 10.1 Å². The number of ether oxygens (including phenoxy) is 1. The molecule has 0 radical (unpaired) electrons. The first-order valence-electron chi connectivity index (χ1n) is 6.56. The molecule has 0 unspecified atom stereocenters. The normalized spacial score (nSPS) is 10.3. The van der Waals surface area contributed by atoms with Crippen LogP contribution in [0.5, 0.6) is 5.88 Å². The molecule has 0 spiro atoms. The number of anilines is 1.